The van der Waals surface area contributed by atoms with Gasteiger partial charge in [-0.05, 0) is 0 Å². The molecule has 0 spiro atoms. The molecule has 0 heterocycles. The summed E-state index contributed by atoms with van der Waals surface area (Å²) in [5.41, 5.74) is 0. The first kappa shape index (κ1) is 41.1. The topological polar surface area (TPSA) is 0 Å². The van der Waals surface area contributed by atoms with Crippen LogP contribution in [0.1, 0.15) is 13.8 Å². The van der Waals surface area contributed by atoms with E-state index in [1.54, 1.807) is 0 Å². The Bertz CT molecular complexity index is 1010. The van der Waals surface area contributed by atoms with Crippen molar-refractivity contribution in [1.29, 1.82) is 0 Å². The molecule has 260 valence electrons. The third-order valence-corrected chi connectivity index (χ3v) is 5.44. The molecule has 0 atom stereocenters. The summed E-state index contributed by atoms with van der Waals surface area (Å²) in [5, 5.41) is 0. The molecule has 0 aromatic rings. The van der Waals surface area contributed by atoms with Gasteiger partial charge in [0.25, 0.3) is 0 Å². The quantitative estimate of drug-likeness (QED) is 0.177. The van der Waals surface area contributed by atoms with Gasteiger partial charge in [0.2, 0.25) is 0 Å². The Kier molecular flexibility index (Phi) is 9.37. The molecule has 0 rings (SSSR count). The van der Waals surface area contributed by atoms with Crippen LogP contribution in [0.4, 0.5) is 119 Å². The fourth-order valence-electron chi connectivity index (χ4n) is 2.52. The summed E-state index contributed by atoms with van der Waals surface area (Å²) in [6.07, 6.45) is -8.22. The Morgan fingerprint density at radius 2 is 0.372 bits per heavy atom. The smallest absolute Gasteiger partial charge is 0.199 e. The molecule has 27 heteroatoms. The van der Waals surface area contributed by atoms with Crippen molar-refractivity contribution in [3.63, 3.8) is 0 Å². The van der Waals surface area contributed by atoms with E-state index in [0.29, 0.717) is 0 Å². The monoisotopic (exact) mass is 712 g/mol. The molecule has 0 N–H and O–H groups in total. The third-order valence-electron chi connectivity index (χ3n) is 5.44. The molecular weight excluding hydrogens is 705 g/mol. The minimum Gasteiger partial charge on any atom is -0.199 e. The van der Waals surface area contributed by atoms with Crippen LogP contribution in [-0.4, -0.2) is 77.2 Å². The van der Waals surface area contributed by atoms with E-state index in [4.69, 9.17) is 0 Å². The van der Waals surface area contributed by atoms with E-state index in [1.165, 1.54) is 0 Å². The van der Waals surface area contributed by atoms with Gasteiger partial charge in [0.15, 0.2) is 0 Å². The summed E-state index contributed by atoms with van der Waals surface area (Å²) in [7, 11) is 0. The van der Waals surface area contributed by atoms with Gasteiger partial charge in [-0.25, -0.2) is 0 Å². The van der Waals surface area contributed by atoms with Gasteiger partial charge >= 0.3 is 77.2 Å². The van der Waals surface area contributed by atoms with Crippen LogP contribution < -0.4 is 0 Å². The standard InChI is InChI=1S/C16H7F27/c1-3(2)4(17,18)5(19,20)6(21,22)7(23,24)8(25,26)9(27,28)10(29,30)11(31,32)12(33,34)13(35,36)14(37,38)15(39,40)16(41,42)43/h3H,1-2H3. The summed E-state index contributed by atoms with van der Waals surface area (Å²) >= 11 is 0. The van der Waals surface area contributed by atoms with Crippen LogP contribution in [0.25, 0.3) is 0 Å². The lowest BCUT2D eigenvalue weighted by Gasteiger charge is -2.46. The first-order chi connectivity index (χ1) is 17.9. The van der Waals surface area contributed by atoms with Crippen molar-refractivity contribution in [2.24, 2.45) is 5.92 Å². The molecular formula is C16H7F27. The van der Waals surface area contributed by atoms with Gasteiger partial charge in [-0.1, -0.05) is 13.8 Å². The highest BCUT2D eigenvalue weighted by Gasteiger charge is 3.00. The normalized spacial score (nSPS) is 17.2. The third kappa shape index (κ3) is 4.63. The molecule has 0 saturated carbocycles. The van der Waals surface area contributed by atoms with Gasteiger partial charge in [0.1, 0.15) is 0 Å². The van der Waals surface area contributed by atoms with Gasteiger partial charge in [0.05, 0.1) is 0 Å². The van der Waals surface area contributed by atoms with Crippen molar-refractivity contribution in [2.45, 2.75) is 91.1 Å². The largest absolute Gasteiger partial charge is 0.460 e. The second kappa shape index (κ2) is 9.80. The van der Waals surface area contributed by atoms with E-state index < -0.39 is 83.2 Å². The molecule has 0 aliphatic heterocycles. The summed E-state index contributed by atoms with van der Waals surface area (Å²) in [6, 6.07) is 0. The van der Waals surface area contributed by atoms with E-state index in [1.807, 2.05) is 0 Å². The summed E-state index contributed by atoms with van der Waals surface area (Å²) < 4.78 is 358. The minimum atomic E-state index is -9.74. The van der Waals surface area contributed by atoms with Crippen molar-refractivity contribution in [1.82, 2.24) is 0 Å². The van der Waals surface area contributed by atoms with Gasteiger partial charge in [-0.3, -0.25) is 0 Å². The van der Waals surface area contributed by atoms with Crippen LogP contribution in [0.15, 0.2) is 0 Å². The number of hydrogen-bond acceptors (Lipinski definition) is 0. The van der Waals surface area contributed by atoms with Gasteiger partial charge in [-0.2, -0.15) is 119 Å². The van der Waals surface area contributed by atoms with Crippen LogP contribution in [0.5, 0.6) is 0 Å². The van der Waals surface area contributed by atoms with Gasteiger partial charge in [0, 0.05) is 5.92 Å². The lowest BCUT2D eigenvalue weighted by Crippen LogP contribution is -2.79. The average molecular weight is 712 g/mol. The molecule has 0 bridgehead atoms. The predicted molar refractivity (Wildman–Crippen MR) is 80.3 cm³/mol. The molecule has 0 saturated heterocycles. The Labute approximate surface area is 217 Å². The van der Waals surface area contributed by atoms with Gasteiger partial charge in [-0.15, -0.1) is 0 Å². The molecule has 0 radical (unpaired) electrons. The number of rotatable bonds is 12. The molecule has 0 amide bonds. The van der Waals surface area contributed by atoms with E-state index in [2.05, 4.69) is 0 Å². The fourth-order valence-corrected chi connectivity index (χ4v) is 2.52. The Hall–Kier alpha value is -1.89. The maximum absolute atomic E-state index is 13.7. The van der Waals surface area contributed by atoms with Gasteiger partial charge < -0.3 is 0 Å². The maximum Gasteiger partial charge on any atom is 0.460 e. The van der Waals surface area contributed by atoms with Crippen molar-refractivity contribution >= 4 is 0 Å². The highest BCUT2D eigenvalue weighted by Crippen LogP contribution is 2.68. The Morgan fingerprint density at radius 1 is 0.233 bits per heavy atom. The van der Waals surface area contributed by atoms with Crippen LogP contribution in [0, 0.1) is 5.92 Å². The van der Waals surface area contributed by atoms with E-state index >= 15 is 0 Å². The number of hydrogen-bond donors (Lipinski definition) is 0. The first-order valence-corrected chi connectivity index (χ1v) is 9.55. The SMILES string of the molecule is CC(C)C(F)(F)C(F)(F)C(F)(F)C(F)(F)C(F)(F)C(F)(F)C(F)(F)C(F)(F)C(F)(F)C(F)(F)C(F)(F)C(F)(F)C(F)(F)F. The van der Waals surface area contributed by atoms with E-state index in [0.717, 1.165) is 0 Å². The maximum atomic E-state index is 13.7. The molecule has 0 aliphatic rings. The fraction of sp³-hybridized carbons (Fsp3) is 1.00. The Morgan fingerprint density at radius 3 is 0.512 bits per heavy atom. The molecule has 0 fully saturated rings. The molecule has 0 aromatic heterocycles. The minimum absolute atomic E-state index is 0.288. The second-order valence-electron chi connectivity index (χ2n) is 8.59. The summed E-state index contributed by atoms with van der Waals surface area (Å²) in [5.74, 6) is -112. The highest BCUT2D eigenvalue weighted by molar-refractivity contribution is 5.20. The van der Waals surface area contributed by atoms with Crippen molar-refractivity contribution in [3.05, 3.63) is 0 Å². The summed E-state index contributed by atoms with van der Waals surface area (Å²) in [4.78, 5) is 0. The zero-order valence-electron chi connectivity index (χ0n) is 19.3. The predicted octanol–water partition coefficient (Wildman–Crippen LogP) is 9.83. The van der Waals surface area contributed by atoms with Crippen molar-refractivity contribution in [3.8, 4) is 0 Å². The highest BCUT2D eigenvalue weighted by atomic mass is 19.4. The molecule has 43 heavy (non-hydrogen) atoms. The van der Waals surface area contributed by atoms with Crippen molar-refractivity contribution < 1.29 is 119 Å². The van der Waals surface area contributed by atoms with Crippen LogP contribution in [0.3, 0.4) is 0 Å². The van der Waals surface area contributed by atoms with E-state index in [9.17, 15) is 119 Å². The van der Waals surface area contributed by atoms with E-state index in [-0.39, 0.29) is 13.8 Å². The molecule has 0 unspecified atom stereocenters. The number of alkyl halides is 27. The van der Waals surface area contributed by atoms with Crippen molar-refractivity contribution in [2.75, 3.05) is 0 Å². The molecule has 0 aliphatic carbocycles. The first-order valence-electron chi connectivity index (χ1n) is 9.55. The zero-order valence-corrected chi connectivity index (χ0v) is 19.3. The summed E-state index contributed by atoms with van der Waals surface area (Å²) in [6.45, 7) is -0.576. The lowest BCUT2D eigenvalue weighted by atomic mass is 9.83. The molecule has 0 nitrogen and oxygen atoms in total. The second-order valence-corrected chi connectivity index (χ2v) is 8.59. The van der Waals surface area contributed by atoms with Crippen LogP contribution >= 0.6 is 0 Å². The molecule has 0 aromatic carbocycles. The lowest BCUT2D eigenvalue weighted by molar-refractivity contribution is -0.485. The average Bonchev–Trinajstić information content (AvgIpc) is 2.76. The van der Waals surface area contributed by atoms with Crippen LogP contribution in [0.2, 0.25) is 0 Å². The number of halogens is 27. The van der Waals surface area contributed by atoms with Crippen LogP contribution in [-0.2, 0) is 0 Å². The Balaban J connectivity index is 7.47. The zero-order chi connectivity index (χ0) is 36.1.